The second kappa shape index (κ2) is 7.40. The minimum Gasteiger partial charge on any atom is -0.480 e. The van der Waals surface area contributed by atoms with Crippen molar-refractivity contribution in [3.05, 3.63) is 59.7 Å². The maximum Gasteiger partial charge on any atom is 0.416 e. The summed E-state index contributed by atoms with van der Waals surface area (Å²) in [5, 5.41) is 14.5. The Morgan fingerprint density at radius 3 is 2.04 bits per heavy atom. The lowest BCUT2D eigenvalue weighted by Crippen LogP contribution is -2.36. The van der Waals surface area contributed by atoms with Crippen LogP contribution in [0, 0.1) is 0 Å². The Labute approximate surface area is 153 Å². The third-order valence-corrected chi connectivity index (χ3v) is 4.46. The summed E-state index contributed by atoms with van der Waals surface area (Å²) >= 11 is 0. The SMILES string of the molecule is O=C(N[C@@H]1CN[C@H](C(=O)O)C1)c1ccc(-c2ccc(C(F)(F)F)cc2)cc1. The highest BCUT2D eigenvalue weighted by Gasteiger charge is 2.31. The topological polar surface area (TPSA) is 78.4 Å². The molecule has 0 aliphatic carbocycles. The second-order valence-electron chi connectivity index (χ2n) is 6.36. The largest absolute Gasteiger partial charge is 0.480 e. The molecule has 0 saturated carbocycles. The number of alkyl halides is 3. The second-order valence-corrected chi connectivity index (χ2v) is 6.36. The van der Waals surface area contributed by atoms with E-state index in [4.69, 9.17) is 5.11 Å². The Kier molecular flexibility index (Phi) is 5.18. The molecule has 27 heavy (non-hydrogen) atoms. The monoisotopic (exact) mass is 378 g/mol. The van der Waals surface area contributed by atoms with Gasteiger partial charge in [0.15, 0.2) is 0 Å². The van der Waals surface area contributed by atoms with E-state index in [0.717, 1.165) is 12.1 Å². The van der Waals surface area contributed by atoms with Crippen LogP contribution in [-0.2, 0) is 11.0 Å². The molecule has 1 fully saturated rings. The maximum atomic E-state index is 12.6. The van der Waals surface area contributed by atoms with Gasteiger partial charge in [-0.15, -0.1) is 0 Å². The lowest BCUT2D eigenvalue weighted by atomic mass is 10.0. The van der Waals surface area contributed by atoms with Crippen molar-refractivity contribution < 1.29 is 27.9 Å². The van der Waals surface area contributed by atoms with E-state index in [0.29, 0.717) is 29.7 Å². The van der Waals surface area contributed by atoms with Gasteiger partial charge in [0.1, 0.15) is 6.04 Å². The predicted molar refractivity (Wildman–Crippen MR) is 92.2 cm³/mol. The average molecular weight is 378 g/mol. The molecule has 2 aromatic rings. The number of benzene rings is 2. The van der Waals surface area contributed by atoms with Crippen molar-refractivity contribution >= 4 is 11.9 Å². The number of amides is 1. The summed E-state index contributed by atoms with van der Waals surface area (Å²) < 4.78 is 37.9. The van der Waals surface area contributed by atoms with Crippen molar-refractivity contribution in [1.82, 2.24) is 10.6 Å². The van der Waals surface area contributed by atoms with Crippen molar-refractivity contribution in [1.29, 1.82) is 0 Å². The van der Waals surface area contributed by atoms with Crippen LogP contribution in [0.5, 0.6) is 0 Å². The third-order valence-electron chi connectivity index (χ3n) is 4.46. The molecule has 0 radical (unpaired) electrons. The summed E-state index contributed by atoms with van der Waals surface area (Å²) in [5.74, 6) is -1.28. The van der Waals surface area contributed by atoms with Crippen molar-refractivity contribution in [2.75, 3.05) is 6.54 Å². The summed E-state index contributed by atoms with van der Waals surface area (Å²) in [6, 6.07) is 10.3. The molecular formula is C19H17F3N2O3. The number of halogens is 3. The molecule has 1 heterocycles. The van der Waals surface area contributed by atoms with Crippen molar-refractivity contribution in [3.63, 3.8) is 0 Å². The fourth-order valence-corrected chi connectivity index (χ4v) is 2.97. The van der Waals surface area contributed by atoms with E-state index >= 15 is 0 Å². The van der Waals surface area contributed by atoms with Gasteiger partial charge < -0.3 is 15.7 Å². The van der Waals surface area contributed by atoms with E-state index in [1.807, 2.05) is 0 Å². The molecular weight excluding hydrogens is 361 g/mol. The number of nitrogens with one attached hydrogen (secondary N) is 2. The van der Waals surface area contributed by atoms with E-state index in [1.165, 1.54) is 12.1 Å². The van der Waals surface area contributed by atoms with Crippen LogP contribution in [0.25, 0.3) is 11.1 Å². The molecule has 142 valence electrons. The first-order chi connectivity index (χ1) is 12.7. The number of carbonyl (C=O) groups excluding carboxylic acids is 1. The first-order valence-electron chi connectivity index (χ1n) is 8.29. The molecule has 1 aliphatic rings. The smallest absolute Gasteiger partial charge is 0.416 e. The Morgan fingerprint density at radius 1 is 1.00 bits per heavy atom. The Morgan fingerprint density at radius 2 is 1.56 bits per heavy atom. The number of aliphatic carboxylic acids is 1. The lowest BCUT2D eigenvalue weighted by Gasteiger charge is -2.12. The molecule has 0 unspecified atom stereocenters. The van der Waals surface area contributed by atoms with E-state index in [9.17, 15) is 22.8 Å². The molecule has 3 N–H and O–H groups in total. The van der Waals surface area contributed by atoms with Gasteiger partial charge in [-0.1, -0.05) is 24.3 Å². The highest BCUT2D eigenvalue weighted by Crippen LogP contribution is 2.31. The minimum atomic E-state index is -4.38. The zero-order valence-corrected chi connectivity index (χ0v) is 14.1. The summed E-state index contributed by atoms with van der Waals surface area (Å²) in [4.78, 5) is 23.2. The highest BCUT2D eigenvalue weighted by atomic mass is 19.4. The number of carboxylic acid groups (broad SMARTS) is 1. The number of hydrogen-bond donors (Lipinski definition) is 3. The average Bonchev–Trinajstić information content (AvgIpc) is 3.10. The lowest BCUT2D eigenvalue weighted by molar-refractivity contribution is -0.139. The van der Waals surface area contributed by atoms with E-state index in [1.54, 1.807) is 24.3 Å². The molecule has 0 bridgehead atoms. The van der Waals surface area contributed by atoms with Crippen molar-refractivity contribution in [3.8, 4) is 11.1 Å². The third kappa shape index (κ3) is 4.46. The summed E-state index contributed by atoms with van der Waals surface area (Å²) in [5.41, 5.74) is 0.976. The van der Waals surface area contributed by atoms with Crippen LogP contribution in [-0.4, -0.2) is 35.6 Å². The van der Waals surface area contributed by atoms with Crippen LogP contribution in [0.15, 0.2) is 48.5 Å². The van der Waals surface area contributed by atoms with Crippen LogP contribution in [0.4, 0.5) is 13.2 Å². The van der Waals surface area contributed by atoms with Gasteiger partial charge in [-0.2, -0.15) is 13.2 Å². The molecule has 2 aromatic carbocycles. The molecule has 5 nitrogen and oxygen atoms in total. The fourth-order valence-electron chi connectivity index (χ4n) is 2.97. The van der Waals surface area contributed by atoms with Crippen LogP contribution in [0.2, 0.25) is 0 Å². The van der Waals surface area contributed by atoms with E-state index in [-0.39, 0.29) is 11.9 Å². The van der Waals surface area contributed by atoms with Gasteiger partial charge in [0.25, 0.3) is 5.91 Å². The summed E-state index contributed by atoms with van der Waals surface area (Å²) in [6.07, 6.45) is -4.07. The first-order valence-corrected chi connectivity index (χ1v) is 8.29. The number of carbonyl (C=O) groups is 2. The zero-order valence-electron chi connectivity index (χ0n) is 14.1. The predicted octanol–water partition coefficient (Wildman–Crippen LogP) is 2.92. The number of carboxylic acids is 1. The van der Waals surface area contributed by atoms with E-state index in [2.05, 4.69) is 10.6 Å². The van der Waals surface area contributed by atoms with Crippen LogP contribution >= 0.6 is 0 Å². The fraction of sp³-hybridized carbons (Fsp3) is 0.263. The minimum absolute atomic E-state index is 0.270. The molecule has 1 amide bonds. The Bertz CT molecular complexity index is 833. The summed E-state index contributed by atoms with van der Waals surface area (Å²) in [6.45, 7) is 0.381. The molecule has 0 aromatic heterocycles. The van der Waals surface area contributed by atoms with Crippen LogP contribution in [0.3, 0.4) is 0 Å². The molecule has 8 heteroatoms. The Balaban J connectivity index is 1.65. The quantitative estimate of drug-likeness (QED) is 0.765. The summed E-state index contributed by atoms with van der Waals surface area (Å²) in [7, 11) is 0. The number of rotatable bonds is 4. The van der Waals surface area contributed by atoms with Gasteiger partial charge in [-0.05, 0) is 41.8 Å². The van der Waals surface area contributed by atoms with Gasteiger partial charge in [0.05, 0.1) is 5.56 Å². The number of hydrogen-bond acceptors (Lipinski definition) is 3. The van der Waals surface area contributed by atoms with Crippen molar-refractivity contribution in [2.24, 2.45) is 0 Å². The molecule has 2 atom stereocenters. The standard InChI is InChI=1S/C19H17F3N2O3/c20-19(21,22)14-7-5-12(6-8-14)11-1-3-13(4-2-11)17(25)24-15-9-16(18(26)27)23-10-15/h1-8,15-16,23H,9-10H2,(H,24,25)(H,26,27)/t15-,16-/m0/s1. The van der Waals surface area contributed by atoms with E-state index < -0.39 is 23.8 Å². The van der Waals surface area contributed by atoms with Gasteiger partial charge in [-0.25, -0.2) is 0 Å². The van der Waals surface area contributed by atoms with Crippen LogP contribution < -0.4 is 10.6 Å². The zero-order chi connectivity index (χ0) is 19.6. The Hall–Kier alpha value is -2.87. The molecule has 1 aliphatic heterocycles. The van der Waals surface area contributed by atoms with Gasteiger partial charge >= 0.3 is 12.1 Å². The normalized spacial score (nSPS) is 19.7. The molecule has 3 rings (SSSR count). The molecule has 1 saturated heterocycles. The highest BCUT2D eigenvalue weighted by molar-refractivity contribution is 5.95. The van der Waals surface area contributed by atoms with Gasteiger partial charge in [0, 0.05) is 18.2 Å². The maximum absolute atomic E-state index is 12.6. The molecule has 0 spiro atoms. The van der Waals surface area contributed by atoms with Gasteiger partial charge in [0.2, 0.25) is 0 Å². The van der Waals surface area contributed by atoms with Crippen molar-refractivity contribution in [2.45, 2.75) is 24.7 Å². The van der Waals surface area contributed by atoms with Crippen LogP contribution in [0.1, 0.15) is 22.3 Å². The first kappa shape index (κ1) is 18.9. The van der Waals surface area contributed by atoms with Gasteiger partial charge in [-0.3, -0.25) is 9.59 Å².